The lowest BCUT2D eigenvalue weighted by atomic mass is 10.2. The van der Waals surface area contributed by atoms with Gasteiger partial charge in [-0.2, -0.15) is 0 Å². The lowest BCUT2D eigenvalue weighted by Gasteiger charge is -2.14. The number of halogens is 1. The lowest BCUT2D eigenvalue weighted by molar-refractivity contribution is 0.526. The van der Waals surface area contributed by atoms with Crippen LogP contribution in [0.4, 0.5) is 5.69 Å². The molecule has 0 radical (unpaired) electrons. The van der Waals surface area contributed by atoms with Crippen molar-refractivity contribution < 1.29 is 4.42 Å². The second-order valence-corrected chi connectivity index (χ2v) is 5.63. The average molecular weight is 331 g/mol. The van der Waals surface area contributed by atoms with Gasteiger partial charge in [0, 0.05) is 5.39 Å². The quantitative estimate of drug-likeness (QED) is 0.681. The molecule has 3 aromatic rings. The van der Waals surface area contributed by atoms with Crippen molar-refractivity contribution in [1.82, 2.24) is 4.98 Å². The fourth-order valence-corrected chi connectivity index (χ4v) is 2.60. The van der Waals surface area contributed by atoms with Crippen molar-refractivity contribution in [2.45, 2.75) is 19.9 Å². The fraction of sp³-hybridized carbons (Fsp3) is 0.188. The van der Waals surface area contributed by atoms with Crippen LogP contribution in [0.3, 0.4) is 0 Å². The zero-order valence-corrected chi connectivity index (χ0v) is 12.9. The molecule has 0 amide bonds. The van der Waals surface area contributed by atoms with E-state index in [0.717, 1.165) is 32.7 Å². The molecule has 2 aromatic heterocycles. The number of furan rings is 1. The van der Waals surface area contributed by atoms with Crippen molar-refractivity contribution in [3.8, 4) is 0 Å². The van der Waals surface area contributed by atoms with Crippen LogP contribution >= 0.6 is 15.9 Å². The van der Waals surface area contributed by atoms with Gasteiger partial charge in [0.1, 0.15) is 15.9 Å². The van der Waals surface area contributed by atoms with Gasteiger partial charge in [-0.1, -0.05) is 18.2 Å². The number of hydrogen-bond donors (Lipinski definition) is 1. The van der Waals surface area contributed by atoms with Gasteiger partial charge in [0.15, 0.2) is 0 Å². The predicted octanol–water partition coefficient (Wildman–Crippen LogP) is 5.07. The number of benzene rings is 1. The first-order chi connectivity index (χ1) is 9.63. The van der Waals surface area contributed by atoms with E-state index in [4.69, 9.17) is 4.42 Å². The van der Waals surface area contributed by atoms with Crippen molar-refractivity contribution in [2.75, 3.05) is 5.32 Å². The number of pyridine rings is 1. The number of para-hydroxylation sites is 1. The summed E-state index contributed by atoms with van der Waals surface area (Å²) < 4.78 is 6.72. The van der Waals surface area contributed by atoms with Crippen LogP contribution in [-0.2, 0) is 0 Å². The van der Waals surface area contributed by atoms with E-state index in [1.807, 2.05) is 37.3 Å². The Labute approximate surface area is 126 Å². The maximum Gasteiger partial charge on any atom is 0.134 e. The van der Waals surface area contributed by atoms with Crippen molar-refractivity contribution in [3.05, 3.63) is 58.5 Å². The number of rotatable bonds is 3. The molecule has 1 atom stereocenters. The highest BCUT2D eigenvalue weighted by Crippen LogP contribution is 2.27. The molecule has 102 valence electrons. The number of aryl methyl sites for hydroxylation is 1. The molecule has 3 nitrogen and oxygen atoms in total. The monoisotopic (exact) mass is 330 g/mol. The summed E-state index contributed by atoms with van der Waals surface area (Å²) in [4.78, 5) is 4.39. The Bertz CT molecular complexity index is 718. The Morgan fingerprint density at radius 1 is 1.20 bits per heavy atom. The summed E-state index contributed by atoms with van der Waals surface area (Å²) >= 11 is 3.37. The molecule has 0 aliphatic carbocycles. The third-order valence-corrected chi connectivity index (χ3v) is 3.74. The smallest absolute Gasteiger partial charge is 0.134 e. The predicted molar refractivity (Wildman–Crippen MR) is 84.9 cm³/mol. The van der Waals surface area contributed by atoms with E-state index in [9.17, 15) is 0 Å². The molecule has 1 aromatic carbocycles. The summed E-state index contributed by atoms with van der Waals surface area (Å²) in [6, 6.07) is 14.2. The van der Waals surface area contributed by atoms with Crippen LogP contribution in [-0.4, -0.2) is 4.98 Å². The number of nitrogens with one attached hydrogen (secondary N) is 1. The van der Waals surface area contributed by atoms with E-state index in [2.05, 4.69) is 45.3 Å². The van der Waals surface area contributed by atoms with Gasteiger partial charge in [0.05, 0.1) is 17.4 Å². The Hall–Kier alpha value is -1.81. The average Bonchev–Trinajstić information content (AvgIpc) is 2.86. The summed E-state index contributed by atoms with van der Waals surface area (Å²) in [5, 5.41) is 4.56. The van der Waals surface area contributed by atoms with E-state index in [0.29, 0.717) is 0 Å². The molecule has 0 spiro atoms. The van der Waals surface area contributed by atoms with Gasteiger partial charge >= 0.3 is 0 Å². The maximum atomic E-state index is 5.87. The van der Waals surface area contributed by atoms with Crippen molar-refractivity contribution in [1.29, 1.82) is 0 Å². The third-order valence-electron chi connectivity index (χ3n) is 3.30. The number of nitrogens with zero attached hydrogens (tertiary/aromatic N) is 1. The van der Waals surface area contributed by atoms with Crippen molar-refractivity contribution in [2.24, 2.45) is 0 Å². The summed E-state index contributed by atoms with van der Waals surface area (Å²) in [6.07, 6.45) is 0. The molecule has 20 heavy (non-hydrogen) atoms. The summed E-state index contributed by atoms with van der Waals surface area (Å²) in [5.74, 6) is 0.925. The van der Waals surface area contributed by atoms with Crippen molar-refractivity contribution >= 4 is 32.6 Å². The highest BCUT2D eigenvalue weighted by Gasteiger charge is 2.12. The van der Waals surface area contributed by atoms with Crippen LogP contribution in [0.25, 0.3) is 11.0 Å². The van der Waals surface area contributed by atoms with Gasteiger partial charge in [-0.15, -0.1) is 0 Å². The minimum atomic E-state index is 0.0871. The Morgan fingerprint density at radius 2 is 2.00 bits per heavy atom. The van der Waals surface area contributed by atoms with Gasteiger partial charge in [0.2, 0.25) is 0 Å². The van der Waals surface area contributed by atoms with Crippen LogP contribution in [0.1, 0.15) is 24.4 Å². The summed E-state index contributed by atoms with van der Waals surface area (Å²) in [6.45, 7) is 4.07. The van der Waals surface area contributed by atoms with Gasteiger partial charge in [-0.05, 0) is 54.0 Å². The molecule has 2 heterocycles. The molecule has 0 aliphatic rings. The molecular weight excluding hydrogens is 316 g/mol. The molecule has 1 unspecified atom stereocenters. The largest absolute Gasteiger partial charge is 0.459 e. The van der Waals surface area contributed by atoms with E-state index < -0.39 is 0 Å². The zero-order valence-electron chi connectivity index (χ0n) is 11.4. The normalized spacial score (nSPS) is 12.6. The number of anilines is 1. The lowest BCUT2D eigenvalue weighted by Crippen LogP contribution is -2.07. The third kappa shape index (κ3) is 2.56. The second-order valence-electron chi connectivity index (χ2n) is 4.82. The van der Waals surface area contributed by atoms with Crippen LogP contribution in [0.15, 0.2) is 51.5 Å². The molecule has 0 fully saturated rings. The Kier molecular flexibility index (Phi) is 3.49. The van der Waals surface area contributed by atoms with Crippen LogP contribution in [0.2, 0.25) is 0 Å². The first kappa shape index (κ1) is 13.2. The minimum Gasteiger partial charge on any atom is -0.459 e. The van der Waals surface area contributed by atoms with Crippen molar-refractivity contribution in [3.63, 3.8) is 0 Å². The van der Waals surface area contributed by atoms with Crippen LogP contribution in [0, 0.1) is 6.92 Å². The van der Waals surface area contributed by atoms with Crippen LogP contribution in [0.5, 0.6) is 0 Å². The molecule has 0 saturated carbocycles. The maximum absolute atomic E-state index is 5.87. The van der Waals surface area contributed by atoms with E-state index in [-0.39, 0.29) is 6.04 Å². The Balaban J connectivity index is 1.86. The summed E-state index contributed by atoms with van der Waals surface area (Å²) in [7, 11) is 0. The SMILES string of the molecule is Cc1nc(Br)ccc1NC(C)c1cc2ccccc2o1. The van der Waals surface area contributed by atoms with E-state index in [1.54, 1.807) is 0 Å². The van der Waals surface area contributed by atoms with Gasteiger partial charge < -0.3 is 9.73 Å². The molecule has 0 aliphatic heterocycles. The van der Waals surface area contributed by atoms with Gasteiger partial charge in [-0.3, -0.25) is 0 Å². The molecular formula is C16H15BrN2O. The van der Waals surface area contributed by atoms with Gasteiger partial charge in [-0.25, -0.2) is 4.98 Å². The Morgan fingerprint density at radius 3 is 2.75 bits per heavy atom. The first-order valence-corrected chi connectivity index (χ1v) is 7.31. The topological polar surface area (TPSA) is 38.1 Å². The number of fused-ring (bicyclic) bond motifs is 1. The van der Waals surface area contributed by atoms with Gasteiger partial charge in [0.25, 0.3) is 0 Å². The summed E-state index contributed by atoms with van der Waals surface area (Å²) in [5.41, 5.74) is 2.89. The number of aromatic nitrogens is 1. The molecule has 0 bridgehead atoms. The minimum absolute atomic E-state index is 0.0871. The van der Waals surface area contributed by atoms with E-state index in [1.165, 1.54) is 0 Å². The standard InChI is InChI=1S/C16H15BrN2O/c1-10-13(7-8-16(17)19-10)18-11(2)15-9-12-5-3-4-6-14(12)20-15/h3-9,11,18H,1-2H3. The second kappa shape index (κ2) is 5.29. The molecule has 0 saturated heterocycles. The highest BCUT2D eigenvalue weighted by molar-refractivity contribution is 9.10. The highest BCUT2D eigenvalue weighted by atomic mass is 79.9. The fourth-order valence-electron chi connectivity index (χ4n) is 2.20. The number of hydrogen-bond acceptors (Lipinski definition) is 3. The molecule has 1 N–H and O–H groups in total. The first-order valence-electron chi connectivity index (χ1n) is 6.51. The zero-order chi connectivity index (χ0) is 14.1. The molecule has 4 heteroatoms. The van der Waals surface area contributed by atoms with Crippen LogP contribution < -0.4 is 5.32 Å². The molecule has 3 rings (SSSR count). The van der Waals surface area contributed by atoms with E-state index >= 15 is 0 Å².